The Labute approximate surface area is 156 Å². The van der Waals surface area contributed by atoms with Crippen molar-refractivity contribution in [3.63, 3.8) is 0 Å². The molecule has 6 heteroatoms. The first-order chi connectivity index (χ1) is 13.1. The number of carbonyl (C=O) groups is 2. The summed E-state index contributed by atoms with van der Waals surface area (Å²) < 4.78 is 9.73. The second-order valence-electron chi connectivity index (χ2n) is 6.56. The Bertz CT molecular complexity index is 1010. The van der Waals surface area contributed by atoms with Crippen molar-refractivity contribution in [1.82, 2.24) is 10.3 Å². The zero-order valence-electron chi connectivity index (χ0n) is 15.1. The Balaban J connectivity index is 1.79. The Morgan fingerprint density at radius 2 is 1.74 bits per heavy atom. The highest BCUT2D eigenvalue weighted by molar-refractivity contribution is 5.89. The van der Waals surface area contributed by atoms with Gasteiger partial charge in [0.1, 0.15) is 6.04 Å². The summed E-state index contributed by atoms with van der Waals surface area (Å²) in [6, 6.07) is 14.6. The molecule has 0 saturated heterocycles. The first-order valence-corrected chi connectivity index (χ1v) is 8.74. The predicted molar refractivity (Wildman–Crippen MR) is 101 cm³/mol. The van der Waals surface area contributed by atoms with Gasteiger partial charge in [-0.3, -0.25) is 10.1 Å². The van der Waals surface area contributed by atoms with Crippen LogP contribution in [-0.2, 0) is 20.7 Å². The molecule has 3 aromatic rings. The first kappa shape index (κ1) is 17.3. The minimum Gasteiger partial charge on any atom is -0.468 e. The number of para-hydroxylation sites is 1. The number of esters is 2. The maximum Gasteiger partial charge on any atom is 0.337 e. The maximum atomic E-state index is 12.2. The lowest BCUT2D eigenvalue weighted by Gasteiger charge is -2.30. The van der Waals surface area contributed by atoms with Gasteiger partial charge in [-0.15, -0.1) is 0 Å². The van der Waals surface area contributed by atoms with Crippen molar-refractivity contribution >= 4 is 22.8 Å². The number of nitrogens with one attached hydrogen (secondary N) is 2. The molecule has 2 aromatic carbocycles. The number of methoxy groups -OCH3 is 2. The minimum atomic E-state index is -0.438. The number of carbonyl (C=O) groups excluding carboxylic acids is 2. The average molecular weight is 364 g/mol. The number of aromatic nitrogens is 1. The minimum absolute atomic E-state index is 0.211. The molecule has 0 fully saturated rings. The molecule has 4 rings (SSSR count). The standard InChI is InChI=1S/C21H20N2O4/c1-26-20(24)13-9-7-12(8-10-13)18-19-15(11-17(23-18)21(25)27-2)14-5-3-4-6-16(14)22-19/h3-10,17-18,22-23H,11H2,1-2H3/t17-,18?/m1/s1. The summed E-state index contributed by atoms with van der Waals surface area (Å²) in [6.07, 6.45) is 0.558. The molecule has 1 aliphatic heterocycles. The lowest BCUT2D eigenvalue weighted by molar-refractivity contribution is -0.143. The number of benzene rings is 2. The van der Waals surface area contributed by atoms with Gasteiger partial charge in [0.05, 0.1) is 25.8 Å². The fourth-order valence-electron chi connectivity index (χ4n) is 3.72. The molecule has 2 atom stereocenters. The molecule has 2 N–H and O–H groups in total. The Morgan fingerprint density at radius 3 is 2.44 bits per heavy atom. The van der Waals surface area contributed by atoms with Gasteiger partial charge in [-0.1, -0.05) is 30.3 Å². The van der Waals surface area contributed by atoms with Crippen molar-refractivity contribution in [3.8, 4) is 0 Å². The van der Waals surface area contributed by atoms with E-state index >= 15 is 0 Å². The van der Waals surface area contributed by atoms with E-state index < -0.39 is 6.04 Å². The molecule has 0 aliphatic carbocycles. The molecule has 27 heavy (non-hydrogen) atoms. The molecule has 2 heterocycles. The van der Waals surface area contributed by atoms with Gasteiger partial charge in [0.2, 0.25) is 0 Å². The molecule has 1 unspecified atom stereocenters. The average Bonchev–Trinajstić information content (AvgIpc) is 3.10. The molecule has 0 radical (unpaired) electrons. The van der Waals surface area contributed by atoms with Gasteiger partial charge in [-0.2, -0.15) is 0 Å². The zero-order valence-corrected chi connectivity index (χ0v) is 15.1. The number of ether oxygens (including phenoxy) is 2. The van der Waals surface area contributed by atoms with Crippen LogP contribution in [0.15, 0.2) is 48.5 Å². The van der Waals surface area contributed by atoms with Crippen molar-refractivity contribution in [1.29, 1.82) is 0 Å². The highest BCUT2D eigenvalue weighted by Crippen LogP contribution is 2.35. The van der Waals surface area contributed by atoms with E-state index in [0.717, 1.165) is 27.7 Å². The molecule has 1 aromatic heterocycles. The third-order valence-corrected chi connectivity index (χ3v) is 5.06. The van der Waals surface area contributed by atoms with Gasteiger partial charge >= 0.3 is 11.9 Å². The van der Waals surface area contributed by atoms with E-state index in [0.29, 0.717) is 12.0 Å². The molecule has 0 amide bonds. The topological polar surface area (TPSA) is 80.4 Å². The van der Waals surface area contributed by atoms with Crippen LogP contribution in [-0.4, -0.2) is 37.2 Å². The summed E-state index contributed by atoms with van der Waals surface area (Å²) in [5.41, 5.74) is 4.61. The molecule has 1 aliphatic rings. The quantitative estimate of drug-likeness (QED) is 0.699. The van der Waals surface area contributed by atoms with Gasteiger partial charge in [-0.25, -0.2) is 4.79 Å². The van der Waals surface area contributed by atoms with Gasteiger partial charge in [-0.05, 0) is 29.3 Å². The fourth-order valence-corrected chi connectivity index (χ4v) is 3.72. The van der Waals surface area contributed by atoms with E-state index in [2.05, 4.69) is 16.4 Å². The lowest BCUT2D eigenvalue weighted by Crippen LogP contribution is -2.45. The van der Waals surface area contributed by atoms with Crippen LogP contribution in [0.3, 0.4) is 0 Å². The normalized spacial score (nSPS) is 18.7. The summed E-state index contributed by atoms with van der Waals surface area (Å²) in [7, 11) is 2.76. The smallest absolute Gasteiger partial charge is 0.337 e. The van der Waals surface area contributed by atoms with E-state index in [1.54, 1.807) is 12.1 Å². The van der Waals surface area contributed by atoms with Crippen LogP contribution in [0, 0.1) is 0 Å². The van der Waals surface area contributed by atoms with Crippen LogP contribution in [0.5, 0.6) is 0 Å². The Kier molecular flexibility index (Phi) is 4.41. The number of fused-ring (bicyclic) bond motifs is 3. The largest absolute Gasteiger partial charge is 0.468 e. The van der Waals surface area contributed by atoms with Gasteiger partial charge in [0.15, 0.2) is 0 Å². The van der Waals surface area contributed by atoms with Crippen molar-refractivity contribution in [2.45, 2.75) is 18.5 Å². The van der Waals surface area contributed by atoms with Crippen LogP contribution in [0.4, 0.5) is 0 Å². The van der Waals surface area contributed by atoms with Crippen LogP contribution in [0.2, 0.25) is 0 Å². The van der Waals surface area contributed by atoms with Gasteiger partial charge in [0, 0.05) is 23.0 Å². The monoisotopic (exact) mass is 364 g/mol. The van der Waals surface area contributed by atoms with E-state index in [1.165, 1.54) is 14.2 Å². The number of hydrogen-bond acceptors (Lipinski definition) is 5. The third kappa shape index (κ3) is 2.98. The highest BCUT2D eigenvalue weighted by Gasteiger charge is 2.34. The van der Waals surface area contributed by atoms with Crippen LogP contribution in [0.1, 0.15) is 33.2 Å². The van der Waals surface area contributed by atoms with Gasteiger partial charge in [0.25, 0.3) is 0 Å². The lowest BCUT2D eigenvalue weighted by atomic mass is 9.90. The van der Waals surface area contributed by atoms with Crippen LogP contribution < -0.4 is 5.32 Å². The van der Waals surface area contributed by atoms with E-state index in [9.17, 15) is 9.59 Å². The molecular weight excluding hydrogens is 344 g/mol. The summed E-state index contributed by atoms with van der Waals surface area (Å²) in [5.74, 6) is -0.668. The number of hydrogen-bond donors (Lipinski definition) is 2. The number of rotatable bonds is 3. The van der Waals surface area contributed by atoms with Crippen molar-refractivity contribution < 1.29 is 19.1 Å². The molecule has 0 saturated carbocycles. The molecule has 0 bridgehead atoms. The Morgan fingerprint density at radius 1 is 1.00 bits per heavy atom. The summed E-state index contributed by atoms with van der Waals surface area (Å²) in [6.45, 7) is 0. The van der Waals surface area contributed by atoms with Crippen molar-refractivity contribution in [2.24, 2.45) is 0 Å². The van der Waals surface area contributed by atoms with E-state index in [4.69, 9.17) is 9.47 Å². The molecule has 138 valence electrons. The van der Waals surface area contributed by atoms with E-state index in [-0.39, 0.29) is 18.0 Å². The van der Waals surface area contributed by atoms with Gasteiger partial charge < -0.3 is 14.5 Å². The summed E-state index contributed by atoms with van der Waals surface area (Å²) >= 11 is 0. The second-order valence-corrected chi connectivity index (χ2v) is 6.56. The van der Waals surface area contributed by atoms with Crippen LogP contribution in [0.25, 0.3) is 10.9 Å². The number of aromatic amines is 1. The fraction of sp³-hybridized carbons (Fsp3) is 0.238. The van der Waals surface area contributed by atoms with E-state index in [1.807, 2.05) is 30.3 Å². The zero-order chi connectivity index (χ0) is 19.0. The van der Waals surface area contributed by atoms with Crippen LogP contribution >= 0.6 is 0 Å². The Hall–Kier alpha value is -3.12. The maximum absolute atomic E-state index is 12.2. The highest BCUT2D eigenvalue weighted by atomic mass is 16.5. The van der Waals surface area contributed by atoms with Crippen molar-refractivity contribution in [3.05, 3.63) is 70.9 Å². The summed E-state index contributed by atoms with van der Waals surface area (Å²) in [4.78, 5) is 27.4. The molecule has 6 nitrogen and oxygen atoms in total. The third-order valence-electron chi connectivity index (χ3n) is 5.06. The predicted octanol–water partition coefficient (Wildman–Crippen LogP) is 2.73. The summed E-state index contributed by atoms with van der Waals surface area (Å²) in [5, 5.41) is 4.49. The second kappa shape index (κ2) is 6.89. The number of H-pyrrole nitrogens is 1. The first-order valence-electron chi connectivity index (χ1n) is 8.74. The molecular formula is C21H20N2O4. The SMILES string of the molecule is COC(=O)c1ccc(C2N[C@@H](C(=O)OC)Cc3c2[nH]c2ccccc32)cc1. The molecule has 0 spiro atoms. The van der Waals surface area contributed by atoms with Crippen molar-refractivity contribution in [2.75, 3.05) is 14.2 Å².